The van der Waals surface area contributed by atoms with E-state index in [-0.39, 0.29) is 26.5 Å². The first-order valence-electron chi connectivity index (χ1n) is 7.12. The number of thiocarbonyl (C=S) groups is 1. The molecule has 0 fully saturated rings. The highest BCUT2D eigenvalue weighted by Crippen LogP contribution is 2.34. The molecule has 0 unspecified atom stereocenters. The van der Waals surface area contributed by atoms with Gasteiger partial charge in [0.15, 0.2) is 16.0 Å². The number of hydrogen-bond donors (Lipinski definition) is 3. The van der Waals surface area contributed by atoms with Gasteiger partial charge in [0.05, 0.1) is 27.4 Å². The van der Waals surface area contributed by atoms with E-state index in [1.165, 1.54) is 30.6 Å². The fourth-order valence-electron chi connectivity index (χ4n) is 2.16. The van der Waals surface area contributed by atoms with Crippen molar-refractivity contribution in [2.75, 3.05) is 12.4 Å². The molecule has 3 aromatic rings. The van der Waals surface area contributed by atoms with Crippen LogP contribution >= 0.6 is 46.8 Å². The summed E-state index contributed by atoms with van der Waals surface area (Å²) in [4.78, 5) is 16.6. The van der Waals surface area contributed by atoms with Gasteiger partial charge in [-0.05, 0) is 42.5 Å². The lowest BCUT2D eigenvalue weighted by molar-refractivity contribution is 0.0977. The number of methoxy groups -OCH3 is 1. The van der Waals surface area contributed by atoms with E-state index < -0.39 is 5.91 Å². The van der Waals surface area contributed by atoms with Gasteiger partial charge in [-0.15, -0.1) is 0 Å². The van der Waals surface area contributed by atoms with Crippen LogP contribution in [0.25, 0.3) is 10.2 Å². The number of nitrogens with zero attached hydrogens (tertiary/aromatic N) is 1. The van der Waals surface area contributed by atoms with Crippen molar-refractivity contribution in [1.82, 2.24) is 10.3 Å². The van der Waals surface area contributed by atoms with Gasteiger partial charge in [0.1, 0.15) is 5.75 Å². The van der Waals surface area contributed by atoms with E-state index in [9.17, 15) is 9.90 Å². The zero-order valence-corrected chi connectivity index (χ0v) is 16.3. The molecule has 0 spiro atoms. The fourth-order valence-corrected chi connectivity index (χ4v) is 3.96. The van der Waals surface area contributed by atoms with Gasteiger partial charge in [-0.3, -0.25) is 10.1 Å². The quantitative estimate of drug-likeness (QED) is 0.535. The largest absolute Gasteiger partial charge is 0.508 e. The second-order valence-corrected chi connectivity index (χ2v) is 7.31. The van der Waals surface area contributed by atoms with Crippen LogP contribution in [0.3, 0.4) is 0 Å². The second-order valence-electron chi connectivity index (χ2n) is 5.05. The van der Waals surface area contributed by atoms with Crippen molar-refractivity contribution in [2.45, 2.75) is 0 Å². The lowest BCUT2D eigenvalue weighted by Crippen LogP contribution is -2.34. The maximum absolute atomic E-state index is 12.3. The van der Waals surface area contributed by atoms with Crippen LogP contribution in [0.4, 0.5) is 5.13 Å². The molecule has 1 heterocycles. The molecule has 1 aromatic heterocycles. The lowest BCUT2D eigenvalue weighted by atomic mass is 10.2. The van der Waals surface area contributed by atoms with Crippen molar-refractivity contribution in [3.8, 4) is 11.5 Å². The minimum atomic E-state index is -0.479. The van der Waals surface area contributed by atoms with Crippen LogP contribution in [0.1, 0.15) is 10.4 Å². The summed E-state index contributed by atoms with van der Waals surface area (Å²) in [6, 6.07) is 7.70. The van der Waals surface area contributed by atoms with E-state index >= 15 is 0 Å². The maximum Gasteiger partial charge on any atom is 0.257 e. The third-order valence-corrected chi connectivity index (χ3v) is 4.98. The molecular formula is C16H11Cl2N3O3S2. The molecule has 0 saturated carbocycles. The average Bonchev–Trinajstić information content (AvgIpc) is 2.95. The van der Waals surface area contributed by atoms with Gasteiger partial charge >= 0.3 is 0 Å². The molecule has 0 bridgehead atoms. The number of thiazole rings is 1. The summed E-state index contributed by atoms with van der Waals surface area (Å²) >= 11 is 18.5. The van der Waals surface area contributed by atoms with Crippen LogP contribution in [0.2, 0.25) is 10.0 Å². The van der Waals surface area contributed by atoms with Gasteiger partial charge in [-0.1, -0.05) is 34.5 Å². The van der Waals surface area contributed by atoms with Gasteiger partial charge in [0.25, 0.3) is 5.91 Å². The number of hydrogen-bond acceptors (Lipinski definition) is 6. The zero-order chi connectivity index (χ0) is 18.8. The number of phenolic OH excluding ortho intramolecular Hbond substituents is 1. The molecule has 0 atom stereocenters. The number of anilines is 1. The third kappa shape index (κ3) is 3.99. The molecule has 3 rings (SSSR count). The SMILES string of the molecule is COc1c(Cl)cc(C(=O)NC(=S)Nc2nc3ccc(O)cc3s2)cc1Cl. The molecule has 26 heavy (non-hydrogen) atoms. The number of carbonyl (C=O) groups excluding carboxylic acids is 1. The number of carbonyl (C=O) groups is 1. The number of aromatic nitrogens is 1. The highest BCUT2D eigenvalue weighted by atomic mass is 35.5. The van der Waals surface area contributed by atoms with Crippen LogP contribution < -0.4 is 15.4 Å². The molecule has 0 aliphatic heterocycles. The van der Waals surface area contributed by atoms with E-state index in [0.29, 0.717) is 16.4 Å². The minimum absolute atomic E-state index is 0.0707. The van der Waals surface area contributed by atoms with E-state index in [4.69, 9.17) is 40.2 Å². The summed E-state index contributed by atoms with van der Waals surface area (Å²) in [6.07, 6.45) is 0. The Labute approximate surface area is 167 Å². The Bertz CT molecular complexity index is 1000. The van der Waals surface area contributed by atoms with E-state index in [2.05, 4.69) is 15.6 Å². The molecule has 10 heteroatoms. The first kappa shape index (κ1) is 18.7. The number of nitrogens with one attached hydrogen (secondary N) is 2. The number of benzene rings is 2. The third-order valence-electron chi connectivity index (χ3n) is 3.28. The predicted octanol–water partition coefficient (Wildman–Crippen LogP) is 4.44. The Morgan fingerprint density at radius 2 is 1.96 bits per heavy atom. The lowest BCUT2D eigenvalue weighted by Gasteiger charge is -2.10. The second kappa shape index (κ2) is 7.63. The predicted molar refractivity (Wildman–Crippen MR) is 108 cm³/mol. The standard InChI is InChI=1S/C16H11Cl2N3O3S2/c1-24-13-9(17)4-7(5-10(13)18)14(23)20-15(25)21-16-19-11-3-2-8(22)6-12(11)26-16/h2-6,22H,1H3,(H2,19,20,21,23,25). The van der Waals surface area contributed by atoms with Gasteiger partial charge in [-0.2, -0.15) is 0 Å². The van der Waals surface area contributed by atoms with Crippen molar-refractivity contribution in [1.29, 1.82) is 0 Å². The summed E-state index contributed by atoms with van der Waals surface area (Å²) in [5.74, 6) is -0.0344. The smallest absolute Gasteiger partial charge is 0.257 e. The van der Waals surface area contributed by atoms with Crippen molar-refractivity contribution in [3.05, 3.63) is 45.9 Å². The number of aromatic hydroxyl groups is 1. The molecule has 6 nitrogen and oxygen atoms in total. The average molecular weight is 428 g/mol. The first-order valence-corrected chi connectivity index (χ1v) is 9.10. The molecule has 3 N–H and O–H groups in total. The Morgan fingerprint density at radius 1 is 1.27 bits per heavy atom. The van der Waals surface area contributed by atoms with Gasteiger partial charge in [0, 0.05) is 5.56 Å². The molecule has 0 aliphatic rings. The molecular weight excluding hydrogens is 417 g/mol. The van der Waals surface area contributed by atoms with Crippen LogP contribution in [0.15, 0.2) is 30.3 Å². The number of amides is 1. The highest BCUT2D eigenvalue weighted by Gasteiger charge is 2.15. The number of halogens is 2. The number of ether oxygens (including phenoxy) is 1. The maximum atomic E-state index is 12.3. The van der Waals surface area contributed by atoms with Gasteiger partial charge in [-0.25, -0.2) is 4.98 Å². The van der Waals surface area contributed by atoms with Crippen molar-refractivity contribution in [3.63, 3.8) is 0 Å². The van der Waals surface area contributed by atoms with Crippen LogP contribution in [0.5, 0.6) is 11.5 Å². The van der Waals surface area contributed by atoms with Crippen LogP contribution in [-0.4, -0.2) is 28.2 Å². The Morgan fingerprint density at radius 3 is 2.62 bits per heavy atom. The molecule has 0 aliphatic carbocycles. The molecule has 0 radical (unpaired) electrons. The zero-order valence-electron chi connectivity index (χ0n) is 13.2. The molecule has 0 saturated heterocycles. The normalized spacial score (nSPS) is 10.6. The summed E-state index contributed by atoms with van der Waals surface area (Å²) in [5.41, 5.74) is 0.942. The highest BCUT2D eigenvalue weighted by molar-refractivity contribution is 7.80. The summed E-state index contributed by atoms with van der Waals surface area (Å²) in [5, 5.41) is 15.9. The van der Waals surface area contributed by atoms with Gasteiger partial charge in [0.2, 0.25) is 0 Å². The number of phenols is 1. The minimum Gasteiger partial charge on any atom is -0.508 e. The van der Waals surface area contributed by atoms with E-state index in [0.717, 1.165) is 4.70 Å². The van der Waals surface area contributed by atoms with E-state index in [1.54, 1.807) is 18.2 Å². The van der Waals surface area contributed by atoms with Crippen LogP contribution in [0, 0.1) is 0 Å². The summed E-state index contributed by atoms with van der Waals surface area (Å²) < 4.78 is 5.84. The molecule has 134 valence electrons. The fraction of sp³-hybridized carbons (Fsp3) is 0.0625. The summed E-state index contributed by atoms with van der Waals surface area (Å²) in [7, 11) is 1.43. The first-order chi connectivity index (χ1) is 12.4. The van der Waals surface area contributed by atoms with Crippen molar-refractivity contribution >= 4 is 73.1 Å². The molecule has 1 amide bonds. The Balaban J connectivity index is 1.71. The Kier molecular flexibility index (Phi) is 5.47. The van der Waals surface area contributed by atoms with Crippen molar-refractivity contribution < 1.29 is 14.6 Å². The summed E-state index contributed by atoms with van der Waals surface area (Å²) in [6.45, 7) is 0. The monoisotopic (exact) mass is 427 g/mol. The number of rotatable bonds is 3. The van der Waals surface area contributed by atoms with E-state index in [1.807, 2.05) is 0 Å². The molecule has 2 aromatic carbocycles. The van der Waals surface area contributed by atoms with Crippen LogP contribution in [-0.2, 0) is 0 Å². The van der Waals surface area contributed by atoms with Crippen molar-refractivity contribution in [2.24, 2.45) is 0 Å². The van der Waals surface area contributed by atoms with Gasteiger partial charge < -0.3 is 15.2 Å². The topological polar surface area (TPSA) is 83.5 Å². The number of fused-ring (bicyclic) bond motifs is 1. The Hall–Kier alpha value is -2.13.